The van der Waals surface area contributed by atoms with Gasteiger partial charge in [0.25, 0.3) is 5.91 Å². The second-order valence-corrected chi connectivity index (χ2v) is 5.88. The summed E-state index contributed by atoms with van der Waals surface area (Å²) in [5.74, 6) is 0.541. The molecule has 0 saturated heterocycles. The van der Waals surface area contributed by atoms with E-state index >= 15 is 0 Å². The van der Waals surface area contributed by atoms with Crippen LogP contribution < -0.4 is 9.64 Å². The molecule has 0 heterocycles. The van der Waals surface area contributed by atoms with Gasteiger partial charge in [-0.15, -0.1) is 0 Å². The van der Waals surface area contributed by atoms with Crippen LogP contribution in [0.15, 0.2) is 40.9 Å². The number of amides is 1. The van der Waals surface area contributed by atoms with E-state index in [4.69, 9.17) is 16.3 Å². The molecule has 0 aliphatic heterocycles. The molecule has 0 bridgehead atoms. The molecule has 0 spiro atoms. The lowest BCUT2D eigenvalue weighted by Gasteiger charge is -2.22. The van der Waals surface area contributed by atoms with Crippen LogP contribution in [0.25, 0.3) is 0 Å². The normalized spacial score (nSPS) is 10.3. The minimum Gasteiger partial charge on any atom is -0.495 e. The smallest absolute Gasteiger partial charge is 0.258 e. The van der Waals surface area contributed by atoms with Crippen LogP contribution in [0.2, 0.25) is 5.02 Å². The van der Waals surface area contributed by atoms with Crippen LogP contribution in [-0.4, -0.2) is 20.1 Å². The Balaban J connectivity index is 2.42. The highest BCUT2D eigenvalue weighted by molar-refractivity contribution is 9.10. The SMILES string of the molecule is COc1cccc(C)c1N(C)C(=O)c1ccc(Cl)c(Br)c1. The van der Waals surface area contributed by atoms with Crippen molar-refractivity contribution in [3.8, 4) is 5.75 Å². The zero-order chi connectivity index (χ0) is 15.6. The first-order valence-corrected chi connectivity index (χ1v) is 7.49. The molecule has 0 radical (unpaired) electrons. The highest BCUT2D eigenvalue weighted by Crippen LogP contribution is 2.32. The highest BCUT2D eigenvalue weighted by atomic mass is 79.9. The maximum Gasteiger partial charge on any atom is 0.258 e. The van der Waals surface area contributed by atoms with Crippen molar-refractivity contribution in [3.05, 3.63) is 57.0 Å². The van der Waals surface area contributed by atoms with Crippen molar-refractivity contribution < 1.29 is 9.53 Å². The molecule has 0 aromatic heterocycles. The molecule has 0 saturated carbocycles. The first kappa shape index (κ1) is 15.9. The molecule has 110 valence electrons. The van der Waals surface area contributed by atoms with Gasteiger partial charge in [-0.25, -0.2) is 0 Å². The average Bonchev–Trinajstić information content (AvgIpc) is 2.48. The van der Waals surface area contributed by atoms with Gasteiger partial charge in [0.15, 0.2) is 0 Å². The summed E-state index contributed by atoms with van der Waals surface area (Å²) in [5, 5.41) is 0.572. The predicted octanol–water partition coefficient (Wildman–Crippen LogP) is 4.70. The second kappa shape index (κ2) is 6.50. The first-order valence-electron chi connectivity index (χ1n) is 6.32. The Hall–Kier alpha value is -1.52. The largest absolute Gasteiger partial charge is 0.495 e. The van der Waals surface area contributed by atoms with Gasteiger partial charge in [0.05, 0.1) is 17.8 Å². The molecule has 21 heavy (non-hydrogen) atoms. The lowest BCUT2D eigenvalue weighted by atomic mass is 10.1. The third kappa shape index (κ3) is 3.22. The summed E-state index contributed by atoms with van der Waals surface area (Å²) in [6.07, 6.45) is 0. The molecule has 3 nitrogen and oxygen atoms in total. The molecule has 0 atom stereocenters. The Morgan fingerprint density at radius 3 is 2.62 bits per heavy atom. The van der Waals surface area contributed by atoms with E-state index in [2.05, 4.69) is 15.9 Å². The van der Waals surface area contributed by atoms with Crippen LogP contribution in [0.4, 0.5) is 5.69 Å². The number of rotatable bonds is 3. The fourth-order valence-electron chi connectivity index (χ4n) is 2.15. The number of hydrogen-bond acceptors (Lipinski definition) is 2. The highest BCUT2D eigenvalue weighted by Gasteiger charge is 2.19. The van der Waals surface area contributed by atoms with Crippen molar-refractivity contribution in [3.63, 3.8) is 0 Å². The Bertz CT molecular complexity index is 688. The van der Waals surface area contributed by atoms with Crippen molar-refractivity contribution >= 4 is 39.1 Å². The quantitative estimate of drug-likeness (QED) is 0.786. The van der Waals surface area contributed by atoms with Gasteiger partial charge in [0.1, 0.15) is 5.75 Å². The van der Waals surface area contributed by atoms with Gasteiger partial charge in [-0.05, 0) is 52.7 Å². The van der Waals surface area contributed by atoms with E-state index in [0.29, 0.717) is 20.8 Å². The summed E-state index contributed by atoms with van der Waals surface area (Å²) in [6.45, 7) is 1.94. The zero-order valence-corrected chi connectivity index (χ0v) is 14.3. The molecule has 2 aromatic carbocycles. The molecule has 2 aromatic rings. The van der Waals surface area contributed by atoms with Gasteiger partial charge in [0.2, 0.25) is 0 Å². The fraction of sp³-hybridized carbons (Fsp3) is 0.188. The van der Waals surface area contributed by atoms with Crippen molar-refractivity contribution in [2.24, 2.45) is 0 Å². The summed E-state index contributed by atoms with van der Waals surface area (Å²) in [4.78, 5) is 14.2. The first-order chi connectivity index (χ1) is 9.95. The third-order valence-electron chi connectivity index (χ3n) is 3.23. The predicted molar refractivity (Wildman–Crippen MR) is 89.6 cm³/mol. The van der Waals surface area contributed by atoms with Crippen LogP contribution >= 0.6 is 27.5 Å². The number of hydrogen-bond donors (Lipinski definition) is 0. The van der Waals surface area contributed by atoms with E-state index in [0.717, 1.165) is 11.3 Å². The summed E-state index contributed by atoms with van der Waals surface area (Å²) in [7, 11) is 3.32. The molecular formula is C16H15BrClNO2. The maximum atomic E-state index is 12.6. The minimum absolute atomic E-state index is 0.125. The summed E-state index contributed by atoms with van der Waals surface area (Å²) in [5.41, 5.74) is 2.29. The van der Waals surface area contributed by atoms with Crippen LogP contribution in [-0.2, 0) is 0 Å². The number of para-hydroxylation sites is 1. The van der Waals surface area contributed by atoms with E-state index in [1.165, 1.54) is 0 Å². The summed E-state index contributed by atoms with van der Waals surface area (Å²) >= 11 is 9.30. The lowest BCUT2D eigenvalue weighted by Crippen LogP contribution is -2.27. The average molecular weight is 369 g/mol. The molecule has 0 N–H and O–H groups in total. The molecule has 0 aliphatic rings. The molecule has 0 aliphatic carbocycles. The minimum atomic E-state index is -0.125. The number of aryl methyl sites for hydroxylation is 1. The molecule has 0 fully saturated rings. The van der Waals surface area contributed by atoms with Gasteiger partial charge in [-0.2, -0.15) is 0 Å². The monoisotopic (exact) mass is 367 g/mol. The Kier molecular flexibility index (Phi) is 4.91. The Morgan fingerprint density at radius 1 is 1.29 bits per heavy atom. The van der Waals surface area contributed by atoms with Crippen molar-refractivity contribution in [1.29, 1.82) is 0 Å². The lowest BCUT2D eigenvalue weighted by molar-refractivity contribution is 0.0992. The number of anilines is 1. The summed E-state index contributed by atoms with van der Waals surface area (Å²) < 4.78 is 6.05. The Labute approximate surface area is 137 Å². The van der Waals surface area contributed by atoms with E-state index in [-0.39, 0.29) is 5.91 Å². The summed E-state index contributed by atoms with van der Waals surface area (Å²) in [6, 6.07) is 10.8. The van der Waals surface area contributed by atoms with Crippen LogP contribution in [0.5, 0.6) is 5.75 Å². The van der Waals surface area contributed by atoms with Gasteiger partial charge < -0.3 is 9.64 Å². The molecule has 2 rings (SSSR count). The van der Waals surface area contributed by atoms with Crippen molar-refractivity contribution in [2.45, 2.75) is 6.92 Å². The Morgan fingerprint density at radius 2 is 2.00 bits per heavy atom. The number of ether oxygens (including phenoxy) is 1. The molecule has 0 unspecified atom stereocenters. The van der Waals surface area contributed by atoms with E-state index < -0.39 is 0 Å². The van der Waals surface area contributed by atoms with E-state index in [9.17, 15) is 4.79 Å². The van der Waals surface area contributed by atoms with Crippen LogP contribution in [0.1, 0.15) is 15.9 Å². The standard InChI is InChI=1S/C16H15BrClNO2/c1-10-5-4-6-14(21-3)15(10)19(2)16(20)11-7-8-13(18)12(17)9-11/h4-9H,1-3H3. The van der Waals surface area contributed by atoms with E-state index in [1.54, 1.807) is 37.3 Å². The maximum absolute atomic E-state index is 12.6. The van der Waals surface area contributed by atoms with Crippen LogP contribution in [0.3, 0.4) is 0 Å². The third-order valence-corrected chi connectivity index (χ3v) is 4.44. The number of benzene rings is 2. The number of carbonyl (C=O) groups excluding carboxylic acids is 1. The number of halogens is 2. The van der Waals surface area contributed by atoms with Crippen LogP contribution in [0, 0.1) is 6.92 Å². The van der Waals surface area contributed by atoms with Gasteiger partial charge in [0, 0.05) is 17.1 Å². The topological polar surface area (TPSA) is 29.5 Å². The zero-order valence-electron chi connectivity index (χ0n) is 12.0. The fourth-order valence-corrected chi connectivity index (χ4v) is 2.65. The molecule has 5 heteroatoms. The van der Waals surface area contributed by atoms with Gasteiger partial charge >= 0.3 is 0 Å². The number of carbonyl (C=O) groups is 1. The van der Waals surface area contributed by atoms with E-state index in [1.807, 2.05) is 25.1 Å². The number of methoxy groups -OCH3 is 1. The van der Waals surface area contributed by atoms with Gasteiger partial charge in [-0.1, -0.05) is 23.7 Å². The second-order valence-electron chi connectivity index (χ2n) is 4.62. The van der Waals surface area contributed by atoms with Crippen molar-refractivity contribution in [1.82, 2.24) is 0 Å². The number of nitrogens with zero attached hydrogens (tertiary/aromatic N) is 1. The molecule has 1 amide bonds. The van der Waals surface area contributed by atoms with Gasteiger partial charge in [-0.3, -0.25) is 4.79 Å². The van der Waals surface area contributed by atoms with Crippen molar-refractivity contribution in [2.75, 3.05) is 19.1 Å². The molecular weight excluding hydrogens is 354 g/mol.